The van der Waals surface area contributed by atoms with Crippen molar-refractivity contribution in [2.45, 2.75) is 6.36 Å². The molecule has 1 saturated heterocycles. The van der Waals surface area contributed by atoms with Crippen molar-refractivity contribution >= 4 is 0 Å². The van der Waals surface area contributed by atoms with Gasteiger partial charge in [0.1, 0.15) is 0 Å². The SMILES string of the molecule is COC(F)C1COC1. The third-order valence-corrected chi connectivity index (χ3v) is 1.26. The highest BCUT2D eigenvalue weighted by molar-refractivity contribution is 4.67. The van der Waals surface area contributed by atoms with Gasteiger partial charge >= 0.3 is 0 Å². The average Bonchev–Trinajstić information content (AvgIpc) is 1.62. The summed E-state index contributed by atoms with van der Waals surface area (Å²) in [5.41, 5.74) is 0. The lowest BCUT2D eigenvalue weighted by Gasteiger charge is -2.27. The van der Waals surface area contributed by atoms with Crippen LogP contribution in [0.25, 0.3) is 0 Å². The molecular formula is C5H9FO2. The topological polar surface area (TPSA) is 18.5 Å². The number of ether oxygens (including phenoxy) is 2. The average molecular weight is 120 g/mol. The van der Waals surface area contributed by atoms with E-state index < -0.39 is 6.36 Å². The van der Waals surface area contributed by atoms with Crippen molar-refractivity contribution in [3.8, 4) is 0 Å². The van der Waals surface area contributed by atoms with Gasteiger partial charge in [0.05, 0.1) is 19.1 Å². The fraction of sp³-hybridized carbons (Fsp3) is 1.00. The molecule has 1 fully saturated rings. The predicted molar refractivity (Wildman–Crippen MR) is 26.2 cm³/mol. The molecule has 0 amide bonds. The standard InChI is InChI=1S/C5H9FO2/c1-7-5(6)4-2-8-3-4/h4-5H,2-3H2,1H3. The molecule has 1 heterocycles. The van der Waals surface area contributed by atoms with Crippen LogP contribution in [0.3, 0.4) is 0 Å². The lowest BCUT2D eigenvalue weighted by molar-refractivity contribution is -0.151. The van der Waals surface area contributed by atoms with E-state index in [1.807, 2.05) is 0 Å². The van der Waals surface area contributed by atoms with Gasteiger partial charge in [0.25, 0.3) is 0 Å². The van der Waals surface area contributed by atoms with Crippen LogP contribution >= 0.6 is 0 Å². The second-order valence-corrected chi connectivity index (χ2v) is 1.88. The molecule has 1 unspecified atom stereocenters. The van der Waals surface area contributed by atoms with E-state index in [1.165, 1.54) is 7.11 Å². The molecule has 2 nitrogen and oxygen atoms in total. The summed E-state index contributed by atoms with van der Waals surface area (Å²) in [5, 5.41) is 0. The van der Waals surface area contributed by atoms with Gasteiger partial charge in [0.15, 0.2) is 0 Å². The maximum absolute atomic E-state index is 12.3. The third-order valence-electron chi connectivity index (χ3n) is 1.26. The fourth-order valence-electron chi connectivity index (χ4n) is 0.598. The van der Waals surface area contributed by atoms with Gasteiger partial charge in [-0.15, -0.1) is 0 Å². The molecule has 0 aromatic carbocycles. The molecule has 1 aliphatic heterocycles. The van der Waals surface area contributed by atoms with Crippen LogP contribution in [0.1, 0.15) is 0 Å². The van der Waals surface area contributed by atoms with Crippen LogP contribution < -0.4 is 0 Å². The van der Waals surface area contributed by atoms with Gasteiger partial charge in [0, 0.05) is 7.11 Å². The summed E-state index contributed by atoms with van der Waals surface area (Å²) in [6.45, 7) is 1.02. The van der Waals surface area contributed by atoms with Gasteiger partial charge in [-0.1, -0.05) is 0 Å². The van der Waals surface area contributed by atoms with E-state index >= 15 is 0 Å². The minimum Gasteiger partial charge on any atom is -0.380 e. The van der Waals surface area contributed by atoms with E-state index in [0.717, 1.165) is 0 Å². The minimum absolute atomic E-state index is 0.0139. The lowest BCUT2D eigenvalue weighted by Crippen LogP contribution is -2.36. The van der Waals surface area contributed by atoms with Crippen LogP contribution in [0.5, 0.6) is 0 Å². The fourth-order valence-corrected chi connectivity index (χ4v) is 0.598. The monoisotopic (exact) mass is 120 g/mol. The first-order chi connectivity index (χ1) is 3.84. The summed E-state index contributed by atoms with van der Waals surface area (Å²) in [4.78, 5) is 0. The first kappa shape index (κ1) is 5.98. The van der Waals surface area contributed by atoms with E-state index in [9.17, 15) is 4.39 Å². The van der Waals surface area contributed by atoms with Crippen LogP contribution in [-0.2, 0) is 9.47 Å². The van der Waals surface area contributed by atoms with Crippen LogP contribution in [-0.4, -0.2) is 26.7 Å². The summed E-state index contributed by atoms with van der Waals surface area (Å²) in [6, 6.07) is 0. The molecule has 1 atom stereocenters. The maximum Gasteiger partial charge on any atom is 0.205 e. The van der Waals surface area contributed by atoms with Crippen molar-refractivity contribution in [3.63, 3.8) is 0 Å². The molecule has 48 valence electrons. The van der Waals surface area contributed by atoms with Gasteiger partial charge in [-0.3, -0.25) is 0 Å². The first-order valence-electron chi connectivity index (χ1n) is 2.59. The number of alkyl halides is 1. The van der Waals surface area contributed by atoms with Crippen molar-refractivity contribution in [1.82, 2.24) is 0 Å². The molecular weight excluding hydrogens is 111 g/mol. The highest BCUT2D eigenvalue weighted by atomic mass is 19.1. The Bertz CT molecular complexity index is 70.1. The highest BCUT2D eigenvalue weighted by Gasteiger charge is 2.27. The Balaban J connectivity index is 2.13. The van der Waals surface area contributed by atoms with Crippen LogP contribution in [0.2, 0.25) is 0 Å². The minimum atomic E-state index is -1.12. The van der Waals surface area contributed by atoms with Crippen LogP contribution in [0, 0.1) is 5.92 Å². The summed E-state index contributed by atoms with van der Waals surface area (Å²) in [6.07, 6.45) is -1.12. The molecule has 1 aliphatic rings. The van der Waals surface area contributed by atoms with Crippen molar-refractivity contribution in [1.29, 1.82) is 0 Å². The predicted octanol–water partition coefficient (Wildman–Crippen LogP) is 0.575. The Kier molecular flexibility index (Phi) is 1.81. The molecule has 3 heteroatoms. The largest absolute Gasteiger partial charge is 0.380 e. The van der Waals surface area contributed by atoms with E-state index in [-0.39, 0.29) is 5.92 Å². The quantitative estimate of drug-likeness (QED) is 0.530. The van der Waals surface area contributed by atoms with Gasteiger partial charge in [-0.05, 0) is 0 Å². The molecule has 0 bridgehead atoms. The molecule has 0 radical (unpaired) electrons. The Hall–Kier alpha value is -0.150. The molecule has 0 saturated carbocycles. The third kappa shape index (κ3) is 0.980. The second kappa shape index (κ2) is 2.42. The van der Waals surface area contributed by atoms with Gasteiger partial charge in [-0.2, -0.15) is 0 Å². The van der Waals surface area contributed by atoms with Crippen molar-refractivity contribution < 1.29 is 13.9 Å². The summed E-state index contributed by atoms with van der Waals surface area (Å²) in [5.74, 6) is -0.0139. The molecule has 0 aromatic rings. The number of methoxy groups -OCH3 is 1. The summed E-state index contributed by atoms with van der Waals surface area (Å²) < 4.78 is 21.4. The molecule has 0 aromatic heterocycles. The van der Waals surface area contributed by atoms with Crippen LogP contribution in [0.15, 0.2) is 0 Å². The van der Waals surface area contributed by atoms with Crippen molar-refractivity contribution in [2.24, 2.45) is 5.92 Å². The van der Waals surface area contributed by atoms with Gasteiger partial charge < -0.3 is 9.47 Å². The van der Waals surface area contributed by atoms with E-state index in [0.29, 0.717) is 13.2 Å². The van der Waals surface area contributed by atoms with Crippen molar-refractivity contribution in [3.05, 3.63) is 0 Å². The zero-order valence-corrected chi connectivity index (χ0v) is 4.76. The molecule has 0 aliphatic carbocycles. The summed E-state index contributed by atoms with van der Waals surface area (Å²) >= 11 is 0. The molecule has 0 N–H and O–H groups in total. The van der Waals surface area contributed by atoms with E-state index in [1.54, 1.807) is 0 Å². The highest BCUT2D eigenvalue weighted by Crippen LogP contribution is 2.17. The normalized spacial score (nSPS) is 24.8. The number of halogens is 1. The van der Waals surface area contributed by atoms with Gasteiger partial charge in [0.2, 0.25) is 6.36 Å². The Morgan fingerprint density at radius 3 is 2.50 bits per heavy atom. The first-order valence-corrected chi connectivity index (χ1v) is 2.59. The summed E-state index contributed by atoms with van der Waals surface area (Å²) in [7, 11) is 1.36. The Labute approximate surface area is 47.6 Å². The molecule has 1 rings (SSSR count). The zero-order valence-electron chi connectivity index (χ0n) is 4.76. The Morgan fingerprint density at radius 2 is 2.38 bits per heavy atom. The maximum atomic E-state index is 12.3. The molecule has 0 spiro atoms. The Morgan fingerprint density at radius 1 is 1.75 bits per heavy atom. The second-order valence-electron chi connectivity index (χ2n) is 1.88. The van der Waals surface area contributed by atoms with Gasteiger partial charge in [-0.25, -0.2) is 4.39 Å². The lowest BCUT2D eigenvalue weighted by atomic mass is 10.1. The molecule has 8 heavy (non-hydrogen) atoms. The smallest absolute Gasteiger partial charge is 0.205 e. The zero-order chi connectivity index (χ0) is 5.98. The van der Waals surface area contributed by atoms with Crippen LogP contribution in [0.4, 0.5) is 4.39 Å². The number of hydrogen-bond donors (Lipinski definition) is 0. The van der Waals surface area contributed by atoms with Crippen molar-refractivity contribution in [2.75, 3.05) is 20.3 Å². The van der Waals surface area contributed by atoms with E-state index in [4.69, 9.17) is 4.74 Å². The van der Waals surface area contributed by atoms with E-state index in [2.05, 4.69) is 4.74 Å². The number of rotatable bonds is 2. The number of hydrogen-bond acceptors (Lipinski definition) is 2.